The van der Waals surface area contributed by atoms with E-state index in [0.29, 0.717) is 43.1 Å². The van der Waals surface area contributed by atoms with Gasteiger partial charge >= 0.3 is 6.03 Å². The Morgan fingerprint density at radius 2 is 2.12 bits per heavy atom. The van der Waals surface area contributed by atoms with Crippen LogP contribution in [0.25, 0.3) is 11.5 Å². The number of carbonyl (C=O) groups excluding carboxylic acids is 1. The van der Waals surface area contributed by atoms with Crippen LogP contribution in [0.4, 0.5) is 9.18 Å². The maximum absolute atomic E-state index is 12.9. The summed E-state index contributed by atoms with van der Waals surface area (Å²) in [5.41, 5.74) is 1.41. The molecule has 0 spiro atoms. The molecule has 1 atom stereocenters. The number of aliphatic hydroxyl groups excluding tert-OH is 1. The molecule has 2 amide bonds. The van der Waals surface area contributed by atoms with E-state index >= 15 is 0 Å². The van der Waals surface area contributed by atoms with Crippen molar-refractivity contribution < 1.29 is 18.7 Å². The highest BCUT2D eigenvalue weighted by Crippen LogP contribution is 2.18. The van der Waals surface area contributed by atoms with Crippen LogP contribution in [0, 0.1) is 5.82 Å². The molecule has 0 aliphatic heterocycles. The molecular formula is C17H22FN3O3. The van der Waals surface area contributed by atoms with Crippen LogP contribution < -0.4 is 5.32 Å². The lowest BCUT2D eigenvalue weighted by molar-refractivity contribution is 0.163. The van der Waals surface area contributed by atoms with E-state index in [2.05, 4.69) is 10.3 Å². The van der Waals surface area contributed by atoms with Crippen LogP contribution in [0.5, 0.6) is 0 Å². The van der Waals surface area contributed by atoms with Crippen molar-refractivity contribution in [3.05, 3.63) is 42.0 Å². The van der Waals surface area contributed by atoms with Gasteiger partial charge in [0.2, 0.25) is 5.89 Å². The Hall–Kier alpha value is -2.41. The van der Waals surface area contributed by atoms with E-state index in [4.69, 9.17) is 4.42 Å². The third kappa shape index (κ3) is 5.34. The van der Waals surface area contributed by atoms with Gasteiger partial charge in [0.15, 0.2) is 0 Å². The van der Waals surface area contributed by atoms with Gasteiger partial charge < -0.3 is 19.7 Å². The van der Waals surface area contributed by atoms with Crippen LogP contribution in [-0.2, 0) is 6.42 Å². The van der Waals surface area contributed by atoms with E-state index in [0.717, 1.165) is 0 Å². The highest BCUT2D eigenvalue weighted by molar-refractivity contribution is 5.73. The van der Waals surface area contributed by atoms with Crippen molar-refractivity contribution >= 4 is 6.03 Å². The van der Waals surface area contributed by atoms with Crippen molar-refractivity contribution in [2.24, 2.45) is 0 Å². The predicted octanol–water partition coefficient (Wildman–Crippen LogP) is 2.44. The van der Waals surface area contributed by atoms with Gasteiger partial charge in [0.1, 0.15) is 12.1 Å². The number of carbonyl (C=O) groups is 1. The zero-order valence-corrected chi connectivity index (χ0v) is 13.8. The van der Waals surface area contributed by atoms with Crippen LogP contribution in [0.3, 0.4) is 0 Å². The SMILES string of the molecule is CC(O)CCN(C)C(=O)NCCc1coc(-c2ccc(F)cc2)n1. The van der Waals surface area contributed by atoms with Gasteiger partial charge in [-0.1, -0.05) is 0 Å². The maximum Gasteiger partial charge on any atom is 0.317 e. The Morgan fingerprint density at radius 3 is 2.79 bits per heavy atom. The number of urea groups is 1. The highest BCUT2D eigenvalue weighted by atomic mass is 19.1. The fourth-order valence-corrected chi connectivity index (χ4v) is 2.06. The lowest BCUT2D eigenvalue weighted by Crippen LogP contribution is -2.39. The molecule has 0 aliphatic rings. The molecule has 1 aromatic heterocycles. The average Bonchev–Trinajstić information content (AvgIpc) is 3.02. The van der Waals surface area contributed by atoms with Crippen LogP contribution >= 0.6 is 0 Å². The smallest absolute Gasteiger partial charge is 0.317 e. The number of amides is 2. The normalized spacial score (nSPS) is 12.0. The summed E-state index contributed by atoms with van der Waals surface area (Å²) in [6.07, 6.45) is 2.16. The number of hydrogen-bond acceptors (Lipinski definition) is 4. The van der Waals surface area contributed by atoms with Crippen molar-refractivity contribution in [1.82, 2.24) is 15.2 Å². The first-order chi connectivity index (χ1) is 11.5. The van der Waals surface area contributed by atoms with Crippen LogP contribution in [-0.4, -0.2) is 47.3 Å². The van der Waals surface area contributed by atoms with E-state index < -0.39 is 6.10 Å². The van der Waals surface area contributed by atoms with Gasteiger partial charge in [-0.15, -0.1) is 0 Å². The minimum absolute atomic E-state index is 0.196. The van der Waals surface area contributed by atoms with Crippen molar-refractivity contribution in [2.45, 2.75) is 25.9 Å². The fourth-order valence-electron chi connectivity index (χ4n) is 2.06. The molecule has 0 aliphatic carbocycles. The zero-order valence-electron chi connectivity index (χ0n) is 13.8. The number of rotatable bonds is 7. The molecule has 1 heterocycles. The summed E-state index contributed by atoms with van der Waals surface area (Å²) in [7, 11) is 1.68. The summed E-state index contributed by atoms with van der Waals surface area (Å²) in [5.74, 6) is 0.110. The van der Waals surface area contributed by atoms with Crippen LogP contribution in [0.1, 0.15) is 19.0 Å². The number of aliphatic hydroxyl groups is 1. The molecule has 24 heavy (non-hydrogen) atoms. The molecule has 0 radical (unpaired) electrons. The molecule has 0 fully saturated rings. The van der Waals surface area contributed by atoms with Gasteiger partial charge in [0.25, 0.3) is 0 Å². The second-order valence-electron chi connectivity index (χ2n) is 5.69. The lowest BCUT2D eigenvalue weighted by atomic mass is 10.2. The van der Waals surface area contributed by atoms with E-state index in [1.54, 1.807) is 26.1 Å². The molecule has 7 heteroatoms. The fraction of sp³-hybridized carbons (Fsp3) is 0.412. The van der Waals surface area contributed by atoms with Gasteiger partial charge in [-0.3, -0.25) is 0 Å². The summed E-state index contributed by atoms with van der Waals surface area (Å²) < 4.78 is 18.3. The second-order valence-corrected chi connectivity index (χ2v) is 5.69. The Labute approximate surface area is 140 Å². The topological polar surface area (TPSA) is 78.6 Å². The molecule has 2 N–H and O–H groups in total. The Morgan fingerprint density at radius 1 is 1.42 bits per heavy atom. The third-order valence-electron chi connectivity index (χ3n) is 3.53. The first-order valence-electron chi connectivity index (χ1n) is 7.83. The van der Waals surface area contributed by atoms with E-state index in [-0.39, 0.29) is 11.8 Å². The molecule has 1 unspecified atom stereocenters. The average molecular weight is 335 g/mol. The zero-order chi connectivity index (χ0) is 17.5. The summed E-state index contributed by atoms with van der Waals surface area (Å²) >= 11 is 0. The number of hydrogen-bond donors (Lipinski definition) is 2. The number of aromatic nitrogens is 1. The molecule has 1 aromatic carbocycles. The molecule has 2 rings (SSSR count). The molecule has 0 bridgehead atoms. The first-order valence-corrected chi connectivity index (χ1v) is 7.83. The summed E-state index contributed by atoms with van der Waals surface area (Å²) in [6, 6.07) is 5.71. The Bertz CT molecular complexity index is 655. The second kappa shape index (κ2) is 8.44. The number of halogens is 1. The van der Waals surface area contributed by atoms with Crippen molar-refractivity contribution in [1.29, 1.82) is 0 Å². The molecule has 130 valence electrons. The maximum atomic E-state index is 12.9. The van der Waals surface area contributed by atoms with Gasteiger partial charge in [0, 0.05) is 32.1 Å². The van der Waals surface area contributed by atoms with Crippen LogP contribution in [0.15, 0.2) is 34.9 Å². The van der Waals surface area contributed by atoms with Gasteiger partial charge in [-0.25, -0.2) is 14.2 Å². The molecular weight excluding hydrogens is 313 g/mol. The largest absolute Gasteiger partial charge is 0.444 e. The van der Waals surface area contributed by atoms with Gasteiger partial charge in [-0.2, -0.15) is 0 Å². The van der Waals surface area contributed by atoms with E-state index in [9.17, 15) is 14.3 Å². The van der Waals surface area contributed by atoms with E-state index in [1.165, 1.54) is 23.3 Å². The minimum Gasteiger partial charge on any atom is -0.444 e. The molecule has 0 saturated heterocycles. The first kappa shape index (κ1) is 17.9. The number of nitrogens with one attached hydrogen (secondary N) is 1. The molecule has 2 aromatic rings. The third-order valence-corrected chi connectivity index (χ3v) is 3.53. The quantitative estimate of drug-likeness (QED) is 0.814. The highest BCUT2D eigenvalue weighted by Gasteiger charge is 2.10. The summed E-state index contributed by atoms with van der Waals surface area (Å²) in [4.78, 5) is 17.7. The van der Waals surface area contributed by atoms with Crippen molar-refractivity contribution in [3.63, 3.8) is 0 Å². The minimum atomic E-state index is -0.430. The molecule has 0 saturated carbocycles. The summed E-state index contributed by atoms with van der Waals surface area (Å²) in [6.45, 7) is 2.60. The summed E-state index contributed by atoms with van der Waals surface area (Å²) in [5, 5.41) is 12.0. The molecule has 6 nitrogen and oxygen atoms in total. The number of nitrogens with zero attached hydrogens (tertiary/aromatic N) is 2. The van der Waals surface area contributed by atoms with Gasteiger partial charge in [-0.05, 0) is 37.6 Å². The number of oxazole rings is 1. The van der Waals surface area contributed by atoms with Crippen molar-refractivity contribution in [3.8, 4) is 11.5 Å². The van der Waals surface area contributed by atoms with E-state index in [1.807, 2.05) is 0 Å². The standard InChI is InChI=1S/C17H22FN3O3/c1-12(22)8-10-21(2)17(23)19-9-7-15-11-24-16(20-15)13-3-5-14(18)6-4-13/h3-6,11-12,22H,7-10H2,1-2H3,(H,19,23). The van der Waals surface area contributed by atoms with Crippen LogP contribution in [0.2, 0.25) is 0 Å². The Kier molecular flexibility index (Phi) is 6.31. The lowest BCUT2D eigenvalue weighted by Gasteiger charge is -2.18. The number of benzene rings is 1. The van der Waals surface area contributed by atoms with Gasteiger partial charge in [0.05, 0.1) is 11.8 Å². The monoisotopic (exact) mass is 335 g/mol. The predicted molar refractivity (Wildman–Crippen MR) is 87.9 cm³/mol. The Balaban J connectivity index is 1.79. The van der Waals surface area contributed by atoms with Crippen molar-refractivity contribution in [2.75, 3.05) is 20.1 Å².